The second kappa shape index (κ2) is 5.88. The lowest BCUT2D eigenvalue weighted by Gasteiger charge is -2.34. The fraction of sp³-hybridized carbons (Fsp3) is 0.538. The second-order valence-corrected chi connectivity index (χ2v) is 4.76. The fourth-order valence-corrected chi connectivity index (χ4v) is 2.16. The average Bonchev–Trinajstić information content (AvgIpc) is 2.41. The molecule has 3 N–H and O–H groups in total. The van der Waals surface area contributed by atoms with Gasteiger partial charge in [0.1, 0.15) is 5.82 Å². The number of rotatable bonds is 2. The van der Waals surface area contributed by atoms with Gasteiger partial charge in [-0.05, 0) is 26.0 Å². The van der Waals surface area contributed by atoms with E-state index in [-0.39, 0.29) is 12.1 Å². The summed E-state index contributed by atoms with van der Waals surface area (Å²) >= 11 is 0. The van der Waals surface area contributed by atoms with E-state index in [1.54, 1.807) is 0 Å². The lowest BCUT2D eigenvalue weighted by atomic mass is 10.2. The van der Waals surface area contributed by atoms with Crippen molar-refractivity contribution in [2.75, 3.05) is 37.3 Å². The zero-order valence-corrected chi connectivity index (χ0v) is 11.7. The molecule has 19 heavy (non-hydrogen) atoms. The van der Waals surface area contributed by atoms with Crippen molar-refractivity contribution in [2.45, 2.75) is 19.9 Å². The number of carbonyl (C=O) groups excluding carboxylic acids is 1. The minimum absolute atomic E-state index is 0.0592. The van der Waals surface area contributed by atoms with E-state index in [0.29, 0.717) is 0 Å². The van der Waals surface area contributed by atoms with Gasteiger partial charge in [0.15, 0.2) is 0 Å². The Balaban J connectivity index is 2.06. The van der Waals surface area contributed by atoms with E-state index in [1.165, 1.54) is 0 Å². The van der Waals surface area contributed by atoms with Crippen LogP contribution in [0.4, 0.5) is 16.3 Å². The van der Waals surface area contributed by atoms with Crippen molar-refractivity contribution >= 4 is 17.5 Å². The number of nitrogens with one attached hydrogen (secondary N) is 3. The van der Waals surface area contributed by atoms with Crippen LogP contribution in [0.15, 0.2) is 12.1 Å². The largest absolute Gasteiger partial charge is 0.373 e. The SMILES string of the molecule is CNc1ccc(NC(=O)N2CCNCC2C)c(C)n1. The molecule has 6 heteroatoms. The van der Waals surface area contributed by atoms with Gasteiger partial charge in [-0.1, -0.05) is 0 Å². The Morgan fingerprint density at radius 2 is 2.32 bits per heavy atom. The summed E-state index contributed by atoms with van der Waals surface area (Å²) in [6.07, 6.45) is 0. The van der Waals surface area contributed by atoms with E-state index in [1.807, 2.05) is 37.9 Å². The lowest BCUT2D eigenvalue weighted by molar-refractivity contribution is 0.177. The van der Waals surface area contributed by atoms with E-state index in [0.717, 1.165) is 36.8 Å². The zero-order chi connectivity index (χ0) is 13.8. The van der Waals surface area contributed by atoms with Crippen molar-refractivity contribution in [1.29, 1.82) is 0 Å². The highest BCUT2D eigenvalue weighted by atomic mass is 16.2. The van der Waals surface area contributed by atoms with Crippen molar-refractivity contribution in [3.63, 3.8) is 0 Å². The summed E-state index contributed by atoms with van der Waals surface area (Å²) in [6.45, 7) is 6.34. The highest BCUT2D eigenvalue weighted by molar-refractivity contribution is 5.90. The number of urea groups is 1. The number of aryl methyl sites for hydroxylation is 1. The van der Waals surface area contributed by atoms with Crippen LogP contribution in [-0.2, 0) is 0 Å². The number of amides is 2. The number of nitrogens with zero attached hydrogens (tertiary/aromatic N) is 2. The molecule has 1 aliphatic rings. The van der Waals surface area contributed by atoms with Gasteiger partial charge in [-0.2, -0.15) is 0 Å². The highest BCUT2D eigenvalue weighted by Crippen LogP contribution is 2.16. The molecule has 2 rings (SSSR count). The van der Waals surface area contributed by atoms with Gasteiger partial charge in [0, 0.05) is 32.7 Å². The molecule has 1 saturated heterocycles. The minimum Gasteiger partial charge on any atom is -0.373 e. The number of hydrogen-bond acceptors (Lipinski definition) is 4. The van der Waals surface area contributed by atoms with Crippen LogP contribution in [0.5, 0.6) is 0 Å². The van der Waals surface area contributed by atoms with Crippen LogP contribution in [0.1, 0.15) is 12.6 Å². The lowest BCUT2D eigenvalue weighted by Crippen LogP contribution is -2.53. The summed E-state index contributed by atoms with van der Waals surface area (Å²) in [5.74, 6) is 0.797. The monoisotopic (exact) mass is 263 g/mol. The molecule has 1 atom stereocenters. The van der Waals surface area contributed by atoms with Crippen LogP contribution in [0.3, 0.4) is 0 Å². The Bertz CT molecular complexity index is 462. The first kappa shape index (κ1) is 13.6. The molecule has 1 fully saturated rings. The third-order valence-corrected chi connectivity index (χ3v) is 3.35. The molecule has 1 aliphatic heterocycles. The number of aromatic nitrogens is 1. The third kappa shape index (κ3) is 3.14. The van der Waals surface area contributed by atoms with Gasteiger partial charge in [-0.15, -0.1) is 0 Å². The number of hydrogen-bond donors (Lipinski definition) is 3. The number of piperazine rings is 1. The maximum atomic E-state index is 12.2. The minimum atomic E-state index is -0.0592. The topological polar surface area (TPSA) is 69.3 Å². The maximum Gasteiger partial charge on any atom is 0.322 e. The van der Waals surface area contributed by atoms with E-state index in [4.69, 9.17) is 0 Å². The van der Waals surface area contributed by atoms with Crippen molar-refractivity contribution < 1.29 is 4.79 Å². The molecule has 104 valence electrons. The number of anilines is 2. The molecule has 0 bridgehead atoms. The number of pyridine rings is 1. The van der Waals surface area contributed by atoms with Gasteiger partial charge >= 0.3 is 6.03 Å². The first-order valence-electron chi connectivity index (χ1n) is 6.55. The summed E-state index contributed by atoms with van der Waals surface area (Å²) in [6, 6.07) is 3.87. The maximum absolute atomic E-state index is 12.2. The molecule has 1 unspecified atom stereocenters. The predicted molar refractivity (Wildman–Crippen MR) is 76.6 cm³/mol. The molecule has 1 aromatic rings. The Morgan fingerprint density at radius 3 is 2.95 bits per heavy atom. The Kier molecular flexibility index (Phi) is 4.21. The molecule has 0 spiro atoms. The Labute approximate surface area is 113 Å². The van der Waals surface area contributed by atoms with E-state index < -0.39 is 0 Å². The van der Waals surface area contributed by atoms with Gasteiger partial charge in [0.2, 0.25) is 0 Å². The van der Waals surface area contributed by atoms with Crippen LogP contribution in [0.2, 0.25) is 0 Å². The summed E-state index contributed by atoms with van der Waals surface area (Å²) in [7, 11) is 1.82. The van der Waals surface area contributed by atoms with Gasteiger partial charge in [0.05, 0.1) is 11.4 Å². The molecule has 0 radical (unpaired) electrons. The normalized spacial score (nSPS) is 19.1. The summed E-state index contributed by atoms with van der Waals surface area (Å²) in [4.78, 5) is 18.4. The van der Waals surface area contributed by atoms with Crippen LogP contribution in [-0.4, -0.2) is 48.6 Å². The van der Waals surface area contributed by atoms with Crippen molar-refractivity contribution in [3.05, 3.63) is 17.8 Å². The van der Waals surface area contributed by atoms with Crippen LogP contribution >= 0.6 is 0 Å². The standard InChI is InChI=1S/C13H21N5O/c1-9-8-15-6-7-18(9)13(19)17-11-4-5-12(14-3)16-10(11)2/h4-5,9,15H,6-8H2,1-3H3,(H,14,16)(H,17,19). The Morgan fingerprint density at radius 1 is 1.53 bits per heavy atom. The predicted octanol–water partition coefficient (Wildman–Crippen LogP) is 1.26. The highest BCUT2D eigenvalue weighted by Gasteiger charge is 2.23. The molecule has 0 aromatic carbocycles. The first-order chi connectivity index (χ1) is 9.11. The summed E-state index contributed by atoms with van der Waals surface area (Å²) in [5, 5.41) is 9.17. The molecule has 0 saturated carbocycles. The van der Waals surface area contributed by atoms with Gasteiger partial charge in [0.25, 0.3) is 0 Å². The van der Waals surface area contributed by atoms with Gasteiger partial charge in [-0.3, -0.25) is 0 Å². The van der Waals surface area contributed by atoms with Crippen LogP contribution in [0.25, 0.3) is 0 Å². The Hall–Kier alpha value is -1.82. The fourth-order valence-electron chi connectivity index (χ4n) is 2.16. The summed E-state index contributed by atoms with van der Waals surface area (Å²) < 4.78 is 0. The molecule has 2 heterocycles. The number of carbonyl (C=O) groups is 1. The molecule has 0 aliphatic carbocycles. The van der Waals surface area contributed by atoms with Crippen LogP contribution < -0.4 is 16.0 Å². The van der Waals surface area contributed by atoms with Gasteiger partial charge in [-0.25, -0.2) is 9.78 Å². The van der Waals surface area contributed by atoms with Gasteiger partial charge < -0.3 is 20.9 Å². The summed E-state index contributed by atoms with van der Waals surface area (Å²) in [5.41, 5.74) is 1.57. The van der Waals surface area contributed by atoms with Crippen molar-refractivity contribution in [3.8, 4) is 0 Å². The van der Waals surface area contributed by atoms with Crippen LogP contribution in [0, 0.1) is 6.92 Å². The zero-order valence-electron chi connectivity index (χ0n) is 11.7. The molecular weight excluding hydrogens is 242 g/mol. The quantitative estimate of drug-likeness (QED) is 0.751. The van der Waals surface area contributed by atoms with Crippen molar-refractivity contribution in [1.82, 2.24) is 15.2 Å². The van der Waals surface area contributed by atoms with E-state index in [9.17, 15) is 4.79 Å². The molecule has 2 amide bonds. The molecular formula is C13H21N5O. The molecule has 1 aromatic heterocycles. The van der Waals surface area contributed by atoms with E-state index >= 15 is 0 Å². The first-order valence-corrected chi connectivity index (χ1v) is 6.55. The third-order valence-electron chi connectivity index (χ3n) is 3.35. The smallest absolute Gasteiger partial charge is 0.322 e. The second-order valence-electron chi connectivity index (χ2n) is 4.76. The van der Waals surface area contributed by atoms with Crippen molar-refractivity contribution in [2.24, 2.45) is 0 Å². The molecule has 6 nitrogen and oxygen atoms in total. The average molecular weight is 263 g/mol. The van der Waals surface area contributed by atoms with E-state index in [2.05, 4.69) is 20.9 Å².